The van der Waals surface area contributed by atoms with Crippen molar-refractivity contribution in [1.29, 1.82) is 0 Å². The molecule has 15 heavy (non-hydrogen) atoms. The van der Waals surface area contributed by atoms with Crippen molar-refractivity contribution in [1.82, 2.24) is 0 Å². The van der Waals surface area contributed by atoms with E-state index in [1.54, 1.807) is 0 Å². The molecule has 0 N–H and O–H groups in total. The smallest absolute Gasteiger partial charge is 0.0487 e. The molecule has 0 saturated heterocycles. The molecule has 0 aliphatic rings. The number of fused-ring (bicyclic) bond motifs is 1. The van der Waals surface area contributed by atoms with Crippen LogP contribution in [-0.4, -0.2) is 0 Å². The zero-order valence-electron chi connectivity index (χ0n) is 9.30. The fourth-order valence-electron chi connectivity index (χ4n) is 1.78. The summed E-state index contributed by atoms with van der Waals surface area (Å²) in [7, 11) is 0. The number of hydrogen-bond acceptors (Lipinski definition) is 1. The first-order valence-corrected chi connectivity index (χ1v) is 6.79. The summed E-state index contributed by atoms with van der Waals surface area (Å²) in [6, 6.07) is 6.45. The average Bonchev–Trinajstić information content (AvgIpc) is 2.48. The van der Waals surface area contributed by atoms with Gasteiger partial charge in [-0.2, -0.15) is 0 Å². The van der Waals surface area contributed by atoms with Gasteiger partial charge in [-0.3, -0.25) is 0 Å². The number of hydrogen-bond donors (Lipinski definition) is 0. The number of rotatable bonds is 1. The van der Waals surface area contributed by atoms with Gasteiger partial charge in [-0.15, -0.1) is 11.3 Å². The molecule has 0 nitrogen and oxygen atoms in total. The van der Waals surface area contributed by atoms with Gasteiger partial charge in [0.15, 0.2) is 0 Å². The van der Waals surface area contributed by atoms with Crippen molar-refractivity contribution in [2.75, 3.05) is 0 Å². The van der Waals surface area contributed by atoms with E-state index in [2.05, 4.69) is 60.3 Å². The topological polar surface area (TPSA) is 0 Å². The average molecular weight is 283 g/mol. The third kappa shape index (κ3) is 2.43. The molecular formula is C13H15BrS. The predicted molar refractivity (Wildman–Crippen MR) is 72.7 cm³/mol. The minimum absolute atomic E-state index is 0.357. The predicted octanol–water partition coefficient (Wildman–Crippen LogP) is 5.25. The van der Waals surface area contributed by atoms with Gasteiger partial charge in [0, 0.05) is 9.17 Å². The van der Waals surface area contributed by atoms with Crippen molar-refractivity contribution < 1.29 is 0 Å². The molecule has 0 atom stereocenters. The largest absolute Gasteiger partial charge is 0.142 e. The SMILES string of the molecule is CC(C)(C)Cc1csc2c(Br)cccc12. The lowest BCUT2D eigenvalue weighted by Crippen LogP contribution is -2.08. The summed E-state index contributed by atoms with van der Waals surface area (Å²) >= 11 is 5.43. The van der Waals surface area contributed by atoms with Crippen LogP contribution in [0, 0.1) is 5.41 Å². The van der Waals surface area contributed by atoms with Gasteiger partial charge in [-0.05, 0) is 50.2 Å². The second kappa shape index (κ2) is 3.91. The second-order valence-corrected chi connectivity index (χ2v) is 6.85. The van der Waals surface area contributed by atoms with E-state index in [-0.39, 0.29) is 0 Å². The highest BCUT2D eigenvalue weighted by Crippen LogP contribution is 2.35. The van der Waals surface area contributed by atoms with Gasteiger partial charge in [0.1, 0.15) is 0 Å². The quantitative estimate of drug-likeness (QED) is 0.670. The van der Waals surface area contributed by atoms with Crippen LogP contribution in [0.1, 0.15) is 26.3 Å². The van der Waals surface area contributed by atoms with Crippen LogP contribution in [0.3, 0.4) is 0 Å². The summed E-state index contributed by atoms with van der Waals surface area (Å²) in [5, 5.41) is 3.70. The van der Waals surface area contributed by atoms with E-state index in [0.29, 0.717) is 5.41 Å². The standard InChI is InChI=1S/C13H15BrS/c1-13(2,3)7-9-8-15-12-10(9)5-4-6-11(12)14/h4-6,8H,7H2,1-3H3. The molecule has 0 fully saturated rings. The lowest BCUT2D eigenvalue weighted by Gasteiger charge is -2.17. The third-order valence-electron chi connectivity index (χ3n) is 2.35. The van der Waals surface area contributed by atoms with E-state index in [9.17, 15) is 0 Å². The van der Waals surface area contributed by atoms with Crippen molar-refractivity contribution in [3.05, 3.63) is 33.6 Å². The van der Waals surface area contributed by atoms with Crippen molar-refractivity contribution in [2.24, 2.45) is 5.41 Å². The van der Waals surface area contributed by atoms with Crippen LogP contribution in [0.2, 0.25) is 0 Å². The zero-order chi connectivity index (χ0) is 11.1. The molecule has 1 aromatic carbocycles. The molecule has 0 unspecified atom stereocenters. The second-order valence-electron chi connectivity index (χ2n) is 5.11. The summed E-state index contributed by atoms with van der Waals surface area (Å²) in [4.78, 5) is 0. The normalized spacial score (nSPS) is 12.3. The highest BCUT2D eigenvalue weighted by atomic mass is 79.9. The molecule has 2 aromatic rings. The molecule has 0 bridgehead atoms. The molecule has 0 amide bonds. The van der Waals surface area contributed by atoms with E-state index in [4.69, 9.17) is 0 Å². The van der Waals surface area contributed by atoms with Crippen molar-refractivity contribution >= 4 is 37.4 Å². The number of halogens is 1. The Kier molecular flexibility index (Phi) is 2.91. The van der Waals surface area contributed by atoms with E-state index >= 15 is 0 Å². The Balaban J connectivity index is 2.50. The highest BCUT2D eigenvalue weighted by Gasteiger charge is 2.14. The van der Waals surface area contributed by atoms with Gasteiger partial charge in [0.05, 0.1) is 0 Å². The maximum Gasteiger partial charge on any atom is 0.0487 e. The molecule has 0 aliphatic heterocycles. The van der Waals surface area contributed by atoms with Crippen LogP contribution in [0.4, 0.5) is 0 Å². The molecule has 80 valence electrons. The molecule has 1 heterocycles. The first-order chi connectivity index (χ1) is 6.97. The Morgan fingerprint density at radius 2 is 2.00 bits per heavy atom. The van der Waals surface area contributed by atoms with Gasteiger partial charge in [0.25, 0.3) is 0 Å². The lowest BCUT2D eigenvalue weighted by molar-refractivity contribution is 0.413. The minimum Gasteiger partial charge on any atom is -0.142 e. The maximum absolute atomic E-state index is 3.60. The van der Waals surface area contributed by atoms with Crippen molar-refractivity contribution in [2.45, 2.75) is 27.2 Å². The Bertz CT molecular complexity index is 477. The van der Waals surface area contributed by atoms with Crippen LogP contribution in [-0.2, 0) is 6.42 Å². The van der Waals surface area contributed by atoms with Gasteiger partial charge in [-0.25, -0.2) is 0 Å². The monoisotopic (exact) mass is 282 g/mol. The van der Waals surface area contributed by atoms with Crippen molar-refractivity contribution in [3.8, 4) is 0 Å². The van der Waals surface area contributed by atoms with Crippen LogP contribution < -0.4 is 0 Å². The maximum atomic E-state index is 3.60. The molecule has 0 spiro atoms. The van der Waals surface area contributed by atoms with Crippen LogP contribution in [0.25, 0.3) is 10.1 Å². The van der Waals surface area contributed by atoms with E-state index < -0.39 is 0 Å². The summed E-state index contributed by atoms with van der Waals surface area (Å²) in [6.07, 6.45) is 1.14. The number of thiophene rings is 1. The highest BCUT2D eigenvalue weighted by molar-refractivity contribution is 9.10. The molecule has 1 aromatic heterocycles. The van der Waals surface area contributed by atoms with E-state index in [1.165, 1.54) is 20.1 Å². The van der Waals surface area contributed by atoms with Crippen LogP contribution in [0.15, 0.2) is 28.1 Å². The third-order valence-corrected chi connectivity index (χ3v) is 4.35. The fraction of sp³-hybridized carbons (Fsp3) is 0.385. The first kappa shape index (κ1) is 11.2. The Hall–Kier alpha value is -0.340. The summed E-state index contributed by atoms with van der Waals surface area (Å²) in [5.74, 6) is 0. The Morgan fingerprint density at radius 3 is 2.67 bits per heavy atom. The molecule has 0 aliphatic carbocycles. The van der Waals surface area contributed by atoms with E-state index in [0.717, 1.165) is 6.42 Å². The van der Waals surface area contributed by atoms with Gasteiger partial charge >= 0.3 is 0 Å². The molecule has 0 radical (unpaired) electrons. The number of benzene rings is 1. The summed E-state index contributed by atoms with van der Waals surface area (Å²) < 4.78 is 2.59. The summed E-state index contributed by atoms with van der Waals surface area (Å²) in [5.41, 5.74) is 1.83. The molecule has 2 rings (SSSR count). The van der Waals surface area contributed by atoms with Crippen LogP contribution >= 0.6 is 27.3 Å². The minimum atomic E-state index is 0.357. The molecular weight excluding hydrogens is 268 g/mol. The lowest BCUT2D eigenvalue weighted by atomic mass is 9.88. The van der Waals surface area contributed by atoms with Crippen LogP contribution in [0.5, 0.6) is 0 Å². The Labute approximate surface area is 103 Å². The van der Waals surface area contributed by atoms with Gasteiger partial charge in [0.2, 0.25) is 0 Å². The van der Waals surface area contributed by atoms with Gasteiger partial charge in [-0.1, -0.05) is 32.9 Å². The molecule has 2 heteroatoms. The Morgan fingerprint density at radius 1 is 1.27 bits per heavy atom. The zero-order valence-corrected chi connectivity index (χ0v) is 11.7. The van der Waals surface area contributed by atoms with E-state index in [1.807, 2.05) is 11.3 Å². The summed E-state index contributed by atoms with van der Waals surface area (Å²) in [6.45, 7) is 6.86. The van der Waals surface area contributed by atoms with Gasteiger partial charge < -0.3 is 0 Å². The fourth-order valence-corrected chi connectivity index (χ4v) is 3.41. The molecule has 0 saturated carbocycles. The van der Waals surface area contributed by atoms with Crippen molar-refractivity contribution in [3.63, 3.8) is 0 Å². The first-order valence-electron chi connectivity index (χ1n) is 5.12.